The average molecular weight is 242 g/mol. The summed E-state index contributed by atoms with van der Waals surface area (Å²) < 4.78 is 15.2. The molecule has 92 valence electrons. The summed E-state index contributed by atoms with van der Waals surface area (Å²) in [6.07, 6.45) is 5.65. The number of fused-ring (bicyclic) bond motifs is 1. The second-order valence-corrected chi connectivity index (χ2v) is 4.09. The third kappa shape index (κ3) is 2.40. The quantitative estimate of drug-likeness (QED) is 0.556. The molecular weight excluding hydrogens is 227 g/mol. The Hall–Kier alpha value is -2.16. The van der Waals surface area contributed by atoms with Gasteiger partial charge in [-0.05, 0) is 44.2 Å². The smallest absolute Gasteiger partial charge is 0.136 e. The molecule has 0 saturated carbocycles. The summed E-state index contributed by atoms with van der Waals surface area (Å²) in [6, 6.07) is 6.66. The first-order valence-electron chi connectivity index (χ1n) is 5.75. The Labute approximate surface area is 106 Å². The minimum Gasteiger partial charge on any atom is -0.301 e. The molecule has 1 aromatic carbocycles. The van der Waals surface area contributed by atoms with E-state index in [1.165, 1.54) is 12.1 Å². The zero-order valence-electron chi connectivity index (χ0n) is 10.5. The molecule has 0 N–H and O–H groups in total. The van der Waals surface area contributed by atoms with Crippen molar-refractivity contribution in [1.82, 2.24) is 4.57 Å². The molecule has 0 aliphatic rings. The zero-order chi connectivity index (χ0) is 13.1. The zero-order valence-corrected chi connectivity index (χ0v) is 10.5. The predicted octanol–water partition coefficient (Wildman–Crippen LogP) is 4.14. The highest BCUT2D eigenvalue weighted by Crippen LogP contribution is 2.17. The molecular formula is C15H15FN2. The molecule has 18 heavy (non-hydrogen) atoms. The molecule has 1 aromatic heterocycles. The van der Waals surface area contributed by atoms with E-state index in [1.54, 1.807) is 6.07 Å². The van der Waals surface area contributed by atoms with Gasteiger partial charge in [-0.25, -0.2) is 9.38 Å². The van der Waals surface area contributed by atoms with Crippen LogP contribution in [-0.2, 0) is 0 Å². The Bertz CT molecular complexity index is 648. The van der Waals surface area contributed by atoms with E-state index in [2.05, 4.69) is 11.6 Å². The number of nitrogens with zero attached hydrogens (tertiary/aromatic N) is 2. The summed E-state index contributed by atoms with van der Waals surface area (Å²) in [6.45, 7) is 7.52. The van der Waals surface area contributed by atoms with Crippen LogP contribution in [0.15, 0.2) is 59.9 Å². The van der Waals surface area contributed by atoms with Crippen molar-refractivity contribution in [2.45, 2.75) is 13.8 Å². The molecule has 0 radical (unpaired) electrons. The molecule has 0 unspecified atom stereocenters. The van der Waals surface area contributed by atoms with Gasteiger partial charge in [0.05, 0.1) is 5.52 Å². The van der Waals surface area contributed by atoms with Crippen LogP contribution in [0.25, 0.3) is 10.9 Å². The van der Waals surface area contributed by atoms with Crippen LogP contribution >= 0.6 is 0 Å². The van der Waals surface area contributed by atoms with Crippen molar-refractivity contribution in [1.29, 1.82) is 0 Å². The molecule has 0 spiro atoms. The third-order valence-electron chi connectivity index (χ3n) is 2.52. The number of hydrogen-bond donors (Lipinski definition) is 0. The Morgan fingerprint density at radius 1 is 1.39 bits per heavy atom. The highest BCUT2D eigenvalue weighted by Gasteiger charge is 2.05. The molecule has 0 amide bonds. The lowest BCUT2D eigenvalue weighted by molar-refractivity contribution is 0.629. The first-order chi connectivity index (χ1) is 8.61. The maximum absolute atomic E-state index is 13.3. The summed E-state index contributed by atoms with van der Waals surface area (Å²) in [5, 5.41) is 0.982. The summed E-state index contributed by atoms with van der Waals surface area (Å²) >= 11 is 0. The summed E-state index contributed by atoms with van der Waals surface area (Å²) in [4.78, 5) is 4.36. The molecule has 0 aliphatic carbocycles. The first kappa shape index (κ1) is 12.3. The topological polar surface area (TPSA) is 17.3 Å². The van der Waals surface area contributed by atoms with E-state index in [0.717, 1.165) is 16.7 Å². The van der Waals surface area contributed by atoms with E-state index in [0.29, 0.717) is 5.70 Å². The van der Waals surface area contributed by atoms with Crippen molar-refractivity contribution in [3.8, 4) is 0 Å². The summed E-state index contributed by atoms with van der Waals surface area (Å²) in [5.74, 6) is 0.475. The van der Waals surface area contributed by atoms with Gasteiger partial charge >= 0.3 is 0 Å². The van der Waals surface area contributed by atoms with E-state index in [1.807, 2.05) is 42.8 Å². The Kier molecular flexibility index (Phi) is 3.42. The number of aromatic nitrogens is 1. The van der Waals surface area contributed by atoms with E-state index in [4.69, 9.17) is 0 Å². The van der Waals surface area contributed by atoms with Crippen LogP contribution in [0.2, 0.25) is 0 Å². The van der Waals surface area contributed by atoms with Gasteiger partial charge < -0.3 is 4.57 Å². The van der Waals surface area contributed by atoms with Gasteiger partial charge in [0.25, 0.3) is 0 Å². The fourth-order valence-corrected chi connectivity index (χ4v) is 1.82. The Morgan fingerprint density at radius 2 is 2.17 bits per heavy atom. The van der Waals surface area contributed by atoms with Crippen LogP contribution in [0.3, 0.4) is 0 Å². The Balaban J connectivity index is 2.64. The predicted molar refractivity (Wildman–Crippen MR) is 74.4 cm³/mol. The van der Waals surface area contributed by atoms with Crippen LogP contribution < -0.4 is 0 Å². The lowest BCUT2D eigenvalue weighted by Gasteiger charge is -2.05. The molecule has 0 aliphatic heterocycles. The molecule has 0 bridgehead atoms. The monoisotopic (exact) mass is 242 g/mol. The van der Waals surface area contributed by atoms with Crippen LogP contribution in [0.4, 0.5) is 4.39 Å². The second-order valence-electron chi connectivity index (χ2n) is 4.09. The number of hydrogen-bond acceptors (Lipinski definition) is 1. The largest absolute Gasteiger partial charge is 0.301 e. The number of allylic oxidation sites excluding steroid dienone is 3. The molecule has 2 rings (SSSR count). The molecule has 0 saturated heterocycles. The van der Waals surface area contributed by atoms with Gasteiger partial charge in [0, 0.05) is 17.3 Å². The summed E-state index contributed by atoms with van der Waals surface area (Å²) in [5.41, 5.74) is 1.51. The highest BCUT2D eigenvalue weighted by atomic mass is 19.1. The molecule has 3 heteroatoms. The van der Waals surface area contributed by atoms with Gasteiger partial charge in [-0.3, -0.25) is 0 Å². The number of halogens is 1. The van der Waals surface area contributed by atoms with Gasteiger partial charge in [0.2, 0.25) is 0 Å². The van der Waals surface area contributed by atoms with Gasteiger partial charge in [-0.1, -0.05) is 12.7 Å². The van der Waals surface area contributed by atoms with Gasteiger partial charge in [-0.15, -0.1) is 0 Å². The standard InChI is InChI=1S/C15H15FN2/c1-4-5-15(17-11(2)3)18-9-8-12-6-7-13(16)10-14(12)18/h4-10H,2H2,1,3H3/b5-4-,17-15?. The van der Waals surface area contributed by atoms with Gasteiger partial charge in [-0.2, -0.15) is 0 Å². The van der Waals surface area contributed by atoms with Crippen LogP contribution in [0.1, 0.15) is 13.8 Å². The van der Waals surface area contributed by atoms with Crippen molar-refractivity contribution in [2.24, 2.45) is 4.99 Å². The van der Waals surface area contributed by atoms with Crippen molar-refractivity contribution in [3.05, 3.63) is 60.7 Å². The van der Waals surface area contributed by atoms with Crippen LogP contribution in [0.5, 0.6) is 0 Å². The third-order valence-corrected chi connectivity index (χ3v) is 2.52. The van der Waals surface area contributed by atoms with Crippen molar-refractivity contribution < 1.29 is 4.39 Å². The minimum absolute atomic E-state index is 0.252. The molecule has 1 heterocycles. The SMILES string of the molecule is C=C(C)N=C(/C=C\C)n1ccc2ccc(F)cc21. The highest BCUT2D eigenvalue weighted by molar-refractivity contribution is 6.01. The normalized spacial score (nSPS) is 12.5. The first-order valence-corrected chi connectivity index (χ1v) is 5.75. The van der Waals surface area contributed by atoms with E-state index < -0.39 is 0 Å². The summed E-state index contributed by atoms with van der Waals surface area (Å²) in [7, 11) is 0. The maximum Gasteiger partial charge on any atom is 0.136 e. The Morgan fingerprint density at radius 3 is 2.83 bits per heavy atom. The fourth-order valence-electron chi connectivity index (χ4n) is 1.82. The lowest BCUT2D eigenvalue weighted by atomic mass is 10.2. The number of aliphatic imine (C=N–C) groups is 1. The molecule has 2 nitrogen and oxygen atoms in total. The van der Waals surface area contributed by atoms with Crippen LogP contribution in [-0.4, -0.2) is 10.4 Å². The number of benzene rings is 1. The van der Waals surface area contributed by atoms with Crippen LogP contribution in [0, 0.1) is 5.82 Å². The van der Waals surface area contributed by atoms with E-state index >= 15 is 0 Å². The van der Waals surface area contributed by atoms with Gasteiger partial charge in [0.15, 0.2) is 0 Å². The second kappa shape index (κ2) is 5.00. The maximum atomic E-state index is 13.3. The van der Waals surface area contributed by atoms with E-state index in [9.17, 15) is 4.39 Å². The molecule has 0 fully saturated rings. The molecule has 2 aromatic rings. The van der Waals surface area contributed by atoms with Crippen molar-refractivity contribution in [2.75, 3.05) is 0 Å². The van der Waals surface area contributed by atoms with Crippen molar-refractivity contribution in [3.63, 3.8) is 0 Å². The minimum atomic E-state index is -0.252. The average Bonchev–Trinajstić information content (AvgIpc) is 2.70. The fraction of sp³-hybridized carbons (Fsp3) is 0.133. The molecule has 0 atom stereocenters. The van der Waals surface area contributed by atoms with E-state index in [-0.39, 0.29) is 5.82 Å². The lowest BCUT2D eigenvalue weighted by Crippen LogP contribution is -2.07. The van der Waals surface area contributed by atoms with Gasteiger partial charge in [0.1, 0.15) is 11.7 Å². The van der Waals surface area contributed by atoms with Crippen molar-refractivity contribution >= 4 is 16.7 Å². The number of rotatable bonds is 2.